The van der Waals surface area contributed by atoms with Crippen LogP contribution in [-0.2, 0) is 25.4 Å². The van der Waals surface area contributed by atoms with Gasteiger partial charge in [0, 0.05) is 26.1 Å². The number of hydrogen-bond acceptors (Lipinski definition) is 7. The van der Waals surface area contributed by atoms with E-state index in [2.05, 4.69) is 21.5 Å². The smallest absolute Gasteiger partial charge is 0.311 e. The molecule has 1 atom stereocenters. The number of carbonyl (C=O) groups is 1. The Kier molecular flexibility index (Phi) is 7.50. The van der Waals surface area contributed by atoms with Crippen molar-refractivity contribution in [1.82, 2.24) is 4.98 Å². The quantitative estimate of drug-likeness (QED) is 0.642. The molecule has 1 rings (SSSR count). The highest BCUT2D eigenvalue weighted by atomic mass is 32.1. The maximum atomic E-state index is 11.3. The maximum absolute atomic E-state index is 11.3. The van der Waals surface area contributed by atoms with E-state index in [0.29, 0.717) is 13.2 Å². The predicted molar refractivity (Wildman–Crippen MR) is 78.4 cm³/mol. The first-order valence-electron chi connectivity index (χ1n) is 6.38. The standard InChI is InChI=1S/C13H22N2O4S/c1-10(8-18-3)15(5-6-17-2)13-14-11(9-20-13)7-12(16)19-4/h9-10H,5-8H2,1-4H3. The molecule has 7 heteroatoms. The van der Waals surface area contributed by atoms with Gasteiger partial charge in [-0.25, -0.2) is 4.98 Å². The third kappa shape index (κ3) is 5.07. The van der Waals surface area contributed by atoms with Gasteiger partial charge < -0.3 is 19.1 Å². The van der Waals surface area contributed by atoms with E-state index in [1.54, 1.807) is 14.2 Å². The van der Waals surface area contributed by atoms with Crippen LogP contribution < -0.4 is 4.90 Å². The Morgan fingerprint density at radius 2 is 2.15 bits per heavy atom. The van der Waals surface area contributed by atoms with Gasteiger partial charge in [-0.1, -0.05) is 0 Å². The number of esters is 1. The molecule has 0 aliphatic carbocycles. The van der Waals surface area contributed by atoms with Gasteiger partial charge in [0.1, 0.15) is 0 Å². The lowest BCUT2D eigenvalue weighted by atomic mass is 10.3. The van der Waals surface area contributed by atoms with E-state index >= 15 is 0 Å². The number of rotatable bonds is 9. The average molecular weight is 302 g/mol. The Labute approximate surface area is 123 Å². The molecular formula is C13H22N2O4S. The summed E-state index contributed by atoms with van der Waals surface area (Å²) < 4.78 is 15.0. The van der Waals surface area contributed by atoms with Gasteiger partial charge in [-0.2, -0.15) is 0 Å². The molecule has 1 aromatic rings. The topological polar surface area (TPSA) is 60.9 Å². The molecule has 20 heavy (non-hydrogen) atoms. The van der Waals surface area contributed by atoms with E-state index in [9.17, 15) is 4.79 Å². The number of carbonyl (C=O) groups excluding carboxylic acids is 1. The zero-order valence-electron chi connectivity index (χ0n) is 12.4. The summed E-state index contributed by atoms with van der Waals surface area (Å²) in [7, 11) is 4.72. The summed E-state index contributed by atoms with van der Waals surface area (Å²) in [5, 5.41) is 2.75. The van der Waals surface area contributed by atoms with Gasteiger partial charge in [-0.05, 0) is 6.92 Å². The summed E-state index contributed by atoms with van der Waals surface area (Å²) in [6.45, 7) is 4.02. The van der Waals surface area contributed by atoms with Gasteiger partial charge in [0.05, 0.1) is 38.5 Å². The van der Waals surface area contributed by atoms with E-state index in [1.165, 1.54) is 18.4 Å². The minimum Gasteiger partial charge on any atom is -0.469 e. The van der Waals surface area contributed by atoms with Gasteiger partial charge in [0.25, 0.3) is 0 Å². The van der Waals surface area contributed by atoms with Crippen molar-refractivity contribution in [1.29, 1.82) is 0 Å². The second-order valence-corrected chi connectivity index (χ2v) is 5.20. The molecule has 0 aromatic carbocycles. The molecule has 6 nitrogen and oxygen atoms in total. The number of ether oxygens (including phenoxy) is 3. The molecule has 1 unspecified atom stereocenters. The fourth-order valence-electron chi connectivity index (χ4n) is 1.75. The number of anilines is 1. The molecule has 0 aliphatic heterocycles. The van der Waals surface area contributed by atoms with E-state index in [-0.39, 0.29) is 18.4 Å². The van der Waals surface area contributed by atoms with Crippen LogP contribution in [0.5, 0.6) is 0 Å². The van der Waals surface area contributed by atoms with Crippen LogP contribution in [0.15, 0.2) is 5.38 Å². The van der Waals surface area contributed by atoms with Crippen LogP contribution in [0, 0.1) is 0 Å². The van der Waals surface area contributed by atoms with Gasteiger partial charge >= 0.3 is 5.97 Å². The fourth-order valence-corrected chi connectivity index (χ4v) is 2.71. The second kappa shape index (κ2) is 8.89. The zero-order valence-corrected chi connectivity index (χ0v) is 13.2. The van der Waals surface area contributed by atoms with Crippen LogP contribution in [0.3, 0.4) is 0 Å². The fraction of sp³-hybridized carbons (Fsp3) is 0.692. The van der Waals surface area contributed by atoms with Crippen molar-refractivity contribution in [2.24, 2.45) is 0 Å². The van der Waals surface area contributed by atoms with Gasteiger partial charge in [0.2, 0.25) is 0 Å². The monoisotopic (exact) mass is 302 g/mol. The van der Waals surface area contributed by atoms with E-state index < -0.39 is 0 Å². The van der Waals surface area contributed by atoms with Crippen molar-refractivity contribution in [3.05, 3.63) is 11.1 Å². The first kappa shape index (κ1) is 16.9. The molecule has 0 saturated heterocycles. The Hall–Kier alpha value is -1.18. The number of aromatic nitrogens is 1. The third-order valence-corrected chi connectivity index (χ3v) is 3.74. The lowest BCUT2D eigenvalue weighted by molar-refractivity contribution is -0.139. The van der Waals surface area contributed by atoms with Gasteiger partial charge in [-0.3, -0.25) is 4.79 Å². The van der Waals surface area contributed by atoms with Crippen molar-refractivity contribution in [3.8, 4) is 0 Å². The van der Waals surface area contributed by atoms with Crippen molar-refractivity contribution < 1.29 is 19.0 Å². The highest BCUT2D eigenvalue weighted by Gasteiger charge is 2.18. The number of methoxy groups -OCH3 is 3. The van der Waals surface area contributed by atoms with Crippen molar-refractivity contribution in [3.63, 3.8) is 0 Å². The summed E-state index contributed by atoms with van der Waals surface area (Å²) >= 11 is 1.51. The molecule has 0 aliphatic rings. The summed E-state index contributed by atoms with van der Waals surface area (Å²) in [4.78, 5) is 17.9. The number of hydrogen-bond donors (Lipinski definition) is 0. The largest absolute Gasteiger partial charge is 0.469 e. The molecule has 114 valence electrons. The van der Waals surface area contributed by atoms with Gasteiger partial charge in [0.15, 0.2) is 5.13 Å². The molecule has 0 bridgehead atoms. The lowest BCUT2D eigenvalue weighted by Gasteiger charge is -2.28. The normalized spacial score (nSPS) is 12.2. The summed E-state index contributed by atoms with van der Waals surface area (Å²) in [5.41, 5.74) is 0.726. The van der Waals surface area contributed by atoms with Crippen molar-refractivity contribution in [2.75, 3.05) is 46.0 Å². The summed E-state index contributed by atoms with van der Waals surface area (Å²) in [6, 6.07) is 0.187. The molecule has 0 fully saturated rings. The minimum absolute atomic E-state index is 0.187. The molecule has 0 radical (unpaired) electrons. The average Bonchev–Trinajstić information content (AvgIpc) is 2.87. The van der Waals surface area contributed by atoms with Crippen LogP contribution in [-0.4, -0.2) is 58.1 Å². The maximum Gasteiger partial charge on any atom is 0.311 e. The molecule has 1 heterocycles. The van der Waals surface area contributed by atoms with E-state index in [4.69, 9.17) is 9.47 Å². The molecule has 1 aromatic heterocycles. The molecule has 0 spiro atoms. The second-order valence-electron chi connectivity index (χ2n) is 4.36. The van der Waals surface area contributed by atoms with Crippen molar-refractivity contribution >= 4 is 22.4 Å². The summed E-state index contributed by atoms with van der Waals surface area (Å²) in [5.74, 6) is -0.282. The summed E-state index contributed by atoms with van der Waals surface area (Å²) in [6.07, 6.45) is 0.198. The molecule has 0 N–H and O–H groups in total. The van der Waals surface area contributed by atoms with Crippen LogP contribution in [0.25, 0.3) is 0 Å². The number of thiazole rings is 1. The SMILES string of the molecule is COCCN(c1nc(CC(=O)OC)cs1)C(C)COC. The Morgan fingerprint density at radius 1 is 1.40 bits per heavy atom. The third-order valence-electron chi connectivity index (χ3n) is 2.81. The highest BCUT2D eigenvalue weighted by Crippen LogP contribution is 2.23. The Balaban J connectivity index is 2.76. The minimum atomic E-state index is -0.282. The van der Waals surface area contributed by atoms with E-state index in [0.717, 1.165) is 17.4 Å². The zero-order chi connectivity index (χ0) is 15.0. The van der Waals surface area contributed by atoms with E-state index in [1.807, 2.05) is 5.38 Å². The number of nitrogens with zero attached hydrogens (tertiary/aromatic N) is 2. The van der Waals surface area contributed by atoms with Crippen LogP contribution in [0.2, 0.25) is 0 Å². The molecule has 0 amide bonds. The highest BCUT2D eigenvalue weighted by molar-refractivity contribution is 7.13. The van der Waals surface area contributed by atoms with Crippen molar-refractivity contribution in [2.45, 2.75) is 19.4 Å². The molecule has 0 saturated carbocycles. The first-order chi connectivity index (χ1) is 9.62. The van der Waals surface area contributed by atoms with Gasteiger partial charge in [-0.15, -0.1) is 11.3 Å². The first-order valence-corrected chi connectivity index (χ1v) is 7.26. The van der Waals surface area contributed by atoms with Crippen LogP contribution in [0.1, 0.15) is 12.6 Å². The predicted octanol–water partition coefficient (Wildman–Crippen LogP) is 1.35. The lowest BCUT2D eigenvalue weighted by Crippen LogP contribution is -2.38. The van der Waals surface area contributed by atoms with Crippen LogP contribution >= 0.6 is 11.3 Å². The Morgan fingerprint density at radius 3 is 2.75 bits per heavy atom. The van der Waals surface area contributed by atoms with Crippen LogP contribution in [0.4, 0.5) is 5.13 Å². The molecular weight excluding hydrogens is 280 g/mol. The Bertz CT molecular complexity index is 411.